The molecule has 2 aliphatic rings. The minimum Gasteiger partial charge on any atom is -0.322 e. The highest BCUT2D eigenvalue weighted by Gasteiger charge is 2.56. The fourth-order valence-corrected chi connectivity index (χ4v) is 4.84. The predicted octanol–water partition coefficient (Wildman–Crippen LogP) is -0.808. The molecule has 3 heterocycles. The molecule has 3 unspecified atom stereocenters. The van der Waals surface area contributed by atoms with Crippen molar-refractivity contribution < 1.29 is 22.8 Å². The number of carbonyl (C=O) groups is 2. The number of hydrogen-bond donors (Lipinski definition) is 0. The van der Waals surface area contributed by atoms with Gasteiger partial charge in [0.05, 0.1) is 18.2 Å². The number of hydrogen-bond acceptors (Lipinski definition) is 6. The average molecular weight is 336 g/mol. The van der Waals surface area contributed by atoms with E-state index >= 15 is 0 Å². The van der Waals surface area contributed by atoms with Crippen LogP contribution >= 0.6 is 0 Å². The molecule has 1 radical (unpaired) electrons. The third-order valence-electron chi connectivity index (χ3n) is 4.26. The lowest BCUT2D eigenvalue weighted by Gasteiger charge is -2.24. The van der Waals surface area contributed by atoms with Gasteiger partial charge in [-0.15, -0.1) is 0 Å². The van der Waals surface area contributed by atoms with Crippen LogP contribution in [-0.2, 0) is 19.6 Å². The molecule has 0 bridgehead atoms. The Balaban J connectivity index is 1.97. The first-order valence-corrected chi connectivity index (χ1v) is 8.45. The summed E-state index contributed by atoms with van der Waals surface area (Å²) in [6, 6.07) is 1.22. The minimum absolute atomic E-state index is 0.0622. The first-order valence-electron chi connectivity index (χ1n) is 7.01. The van der Waals surface area contributed by atoms with Gasteiger partial charge in [-0.2, -0.15) is 4.31 Å². The highest BCUT2D eigenvalue weighted by atomic mass is 32.2. The van der Waals surface area contributed by atoms with Gasteiger partial charge in [-0.25, -0.2) is 8.42 Å². The quantitative estimate of drug-likeness (QED) is 0.715. The summed E-state index contributed by atoms with van der Waals surface area (Å²) >= 11 is 0. The molecule has 0 N–H and O–H groups in total. The summed E-state index contributed by atoms with van der Waals surface area (Å²) in [5, 5.41) is -1.10. The number of fused-ring (bicyclic) bond motifs is 1. The van der Waals surface area contributed by atoms with Crippen LogP contribution in [0.5, 0.6) is 0 Å². The number of rotatable bonds is 3. The van der Waals surface area contributed by atoms with Gasteiger partial charge in [0.15, 0.2) is 5.78 Å². The highest BCUT2D eigenvalue weighted by molar-refractivity contribution is 8.04. The van der Waals surface area contributed by atoms with Crippen LogP contribution in [-0.4, -0.2) is 65.1 Å². The summed E-state index contributed by atoms with van der Waals surface area (Å²) in [4.78, 5) is 40.3. The standard InChI is InChI=1S/C14H14N3O5S/c1-9-6-16(8-18)13-11(19)7-17(12(9)13)23(21,22)14(20)10-3-2-4-15-5-10/h2-5,9,12-13H,6-7H2,1H3. The van der Waals surface area contributed by atoms with Crippen LogP contribution in [0.3, 0.4) is 0 Å². The van der Waals surface area contributed by atoms with Crippen LogP contribution in [0, 0.1) is 5.92 Å². The van der Waals surface area contributed by atoms with Crippen molar-refractivity contribution in [1.29, 1.82) is 0 Å². The number of ketones is 1. The largest absolute Gasteiger partial charge is 0.322 e. The van der Waals surface area contributed by atoms with Gasteiger partial charge in [0.2, 0.25) is 0 Å². The highest BCUT2D eigenvalue weighted by Crippen LogP contribution is 2.35. The van der Waals surface area contributed by atoms with E-state index in [1.165, 1.54) is 29.4 Å². The van der Waals surface area contributed by atoms with Gasteiger partial charge in [-0.3, -0.25) is 19.4 Å². The zero-order chi connectivity index (χ0) is 16.8. The normalized spacial score (nSPS) is 28.0. The van der Waals surface area contributed by atoms with E-state index in [0.717, 1.165) is 4.31 Å². The van der Waals surface area contributed by atoms with Gasteiger partial charge in [-0.05, 0) is 18.1 Å². The first kappa shape index (κ1) is 15.8. The van der Waals surface area contributed by atoms with E-state index in [-0.39, 0.29) is 18.0 Å². The number of pyridine rings is 1. The van der Waals surface area contributed by atoms with Crippen molar-refractivity contribution in [1.82, 2.24) is 14.2 Å². The molecule has 3 rings (SSSR count). The van der Waals surface area contributed by atoms with Crippen LogP contribution < -0.4 is 0 Å². The molecule has 1 amide bonds. The summed E-state index contributed by atoms with van der Waals surface area (Å²) in [7, 11) is -4.37. The molecule has 0 aliphatic carbocycles. The van der Waals surface area contributed by atoms with E-state index in [1.807, 2.05) is 0 Å². The second-order valence-corrected chi connectivity index (χ2v) is 7.49. The Morgan fingerprint density at radius 1 is 1.43 bits per heavy atom. The second-order valence-electron chi connectivity index (χ2n) is 5.70. The molecule has 0 spiro atoms. The number of aromatic nitrogens is 1. The van der Waals surface area contributed by atoms with E-state index in [9.17, 15) is 22.8 Å². The molecular weight excluding hydrogens is 322 g/mol. The van der Waals surface area contributed by atoms with Crippen molar-refractivity contribution in [3.05, 3.63) is 30.1 Å². The number of sulfonamides is 1. The summed E-state index contributed by atoms with van der Waals surface area (Å²) in [6.45, 7) is 1.56. The topological polar surface area (TPSA) is 105 Å². The Hall–Kier alpha value is -2.13. The predicted molar refractivity (Wildman–Crippen MR) is 78.3 cm³/mol. The number of carbonyl (C=O) groups excluding carboxylic acids is 3. The molecule has 1 aromatic rings. The number of amides is 1. The van der Waals surface area contributed by atoms with Crippen molar-refractivity contribution in [3.8, 4) is 0 Å². The lowest BCUT2D eigenvalue weighted by atomic mass is 10.0. The van der Waals surface area contributed by atoms with Crippen molar-refractivity contribution in [3.63, 3.8) is 0 Å². The van der Waals surface area contributed by atoms with Gasteiger partial charge >= 0.3 is 6.41 Å². The van der Waals surface area contributed by atoms with Gasteiger partial charge in [0.1, 0.15) is 6.04 Å². The van der Waals surface area contributed by atoms with Crippen LogP contribution in [0.25, 0.3) is 0 Å². The zero-order valence-electron chi connectivity index (χ0n) is 12.2. The van der Waals surface area contributed by atoms with Crippen LogP contribution in [0.15, 0.2) is 24.5 Å². The molecular formula is C14H14N3O5S. The molecule has 3 atom stereocenters. The maximum atomic E-state index is 12.6. The van der Waals surface area contributed by atoms with Crippen LogP contribution in [0.4, 0.5) is 0 Å². The number of likely N-dealkylation sites (tertiary alicyclic amines) is 1. The molecule has 121 valence electrons. The summed E-state index contributed by atoms with van der Waals surface area (Å²) in [5.74, 6) is -0.658. The SMILES string of the molecule is CC1CN([C]=O)C2C(=O)CN(S(=O)(=O)C(=O)c3cccnc3)C12. The lowest BCUT2D eigenvalue weighted by molar-refractivity contribution is -0.119. The van der Waals surface area contributed by atoms with Gasteiger partial charge < -0.3 is 4.90 Å². The number of Topliss-reactive ketones (excluding diaryl/α,β-unsaturated/α-hetero) is 1. The van der Waals surface area contributed by atoms with Crippen molar-refractivity contribution in [2.75, 3.05) is 13.1 Å². The molecule has 23 heavy (non-hydrogen) atoms. The molecule has 2 aliphatic heterocycles. The van der Waals surface area contributed by atoms with Crippen molar-refractivity contribution in [2.24, 2.45) is 5.92 Å². The summed E-state index contributed by atoms with van der Waals surface area (Å²) in [5.41, 5.74) is -0.0622. The van der Waals surface area contributed by atoms with E-state index in [2.05, 4.69) is 4.98 Å². The monoisotopic (exact) mass is 336 g/mol. The molecule has 8 nitrogen and oxygen atoms in total. The zero-order valence-corrected chi connectivity index (χ0v) is 13.1. The Labute approximate surface area is 133 Å². The Kier molecular flexibility index (Phi) is 3.77. The molecule has 9 heteroatoms. The summed E-state index contributed by atoms with van der Waals surface area (Å²) < 4.78 is 26.2. The van der Waals surface area contributed by atoms with E-state index in [4.69, 9.17) is 0 Å². The van der Waals surface area contributed by atoms with Crippen molar-refractivity contribution in [2.45, 2.75) is 19.0 Å². The Morgan fingerprint density at radius 3 is 2.78 bits per heavy atom. The molecule has 2 fully saturated rings. The fourth-order valence-electron chi connectivity index (χ4n) is 3.26. The van der Waals surface area contributed by atoms with Crippen molar-refractivity contribution >= 4 is 27.3 Å². The minimum atomic E-state index is -4.37. The first-order chi connectivity index (χ1) is 10.9. The Bertz CT molecular complexity index is 764. The van der Waals surface area contributed by atoms with E-state index < -0.39 is 39.6 Å². The fraction of sp³-hybridized carbons (Fsp3) is 0.429. The van der Waals surface area contributed by atoms with E-state index in [1.54, 1.807) is 13.3 Å². The third-order valence-corrected chi connectivity index (χ3v) is 5.95. The van der Waals surface area contributed by atoms with Gasteiger partial charge in [0.25, 0.3) is 15.1 Å². The molecule has 0 aromatic carbocycles. The smallest absolute Gasteiger partial charge is 0.312 e. The van der Waals surface area contributed by atoms with E-state index in [0.29, 0.717) is 0 Å². The summed E-state index contributed by atoms with van der Waals surface area (Å²) in [6.07, 6.45) is 4.27. The van der Waals surface area contributed by atoms with Gasteiger partial charge in [-0.1, -0.05) is 6.92 Å². The molecule has 0 saturated carbocycles. The Morgan fingerprint density at radius 2 is 2.17 bits per heavy atom. The third kappa shape index (κ3) is 2.36. The second kappa shape index (κ2) is 5.50. The molecule has 2 saturated heterocycles. The lowest BCUT2D eigenvalue weighted by Crippen LogP contribution is -2.44. The average Bonchev–Trinajstić information content (AvgIpc) is 3.07. The maximum Gasteiger partial charge on any atom is 0.312 e. The molecule has 1 aromatic heterocycles. The van der Waals surface area contributed by atoms with Crippen LogP contribution in [0.1, 0.15) is 17.3 Å². The maximum absolute atomic E-state index is 12.6. The van der Waals surface area contributed by atoms with Gasteiger partial charge in [0, 0.05) is 18.9 Å². The van der Waals surface area contributed by atoms with Crippen LogP contribution in [0.2, 0.25) is 0 Å². The number of nitrogens with zero attached hydrogens (tertiary/aromatic N) is 3.